The Morgan fingerprint density at radius 3 is 1.95 bits per heavy atom. The third kappa shape index (κ3) is 3.72. The Kier molecular flexibility index (Phi) is 3.07. The summed E-state index contributed by atoms with van der Waals surface area (Å²) >= 11 is 0. The lowest BCUT2D eigenvalue weighted by molar-refractivity contribution is 0.669. The minimum absolute atomic E-state index is 0.0240. The van der Waals surface area contributed by atoms with Crippen molar-refractivity contribution in [2.24, 2.45) is 0 Å². The van der Waals surface area contributed by atoms with E-state index < -0.39 is 84.6 Å². The maximum absolute atomic E-state index is 9.52. The molecule has 0 bridgehead atoms. The molecule has 1 heteroatoms. The van der Waals surface area contributed by atoms with Crippen LogP contribution in [-0.2, 0) is 0 Å². The molecule has 1 aromatic heterocycles. The molecule has 0 aliphatic heterocycles. The lowest BCUT2D eigenvalue weighted by atomic mass is 9.84. The smallest absolute Gasteiger partial charge is 0.136 e. The minimum Gasteiger partial charge on any atom is -0.456 e. The highest BCUT2D eigenvalue weighted by Crippen LogP contribution is 2.48. The van der Waals surface area contributed by atoms with E-state index in [1.807, 2.05) is 42.5 Å². The van der Waals surface area contributed by atoms with Crippen LogP contribution in [0.2, 0.25) is 0 Å². The molecule has 9 rings (SSSR count). The number of benzene rings is 8. The molecule has 0 aliphatic carbocycles. The second-order valence-electron chi connectivity index (χ2n) is 10.2. The van der Waals surface area contributed by atoms with Crippen LogP contribution in [-0.4, -0.2) is 0 Å². The highest BCUT2D eigenvalue weighted by Gasteiger charge is 2.21. The minimum atomic E-state index is -0.600. The molecule has 0 saturated heterocycles. The van der Waals surface area contributed by atoms with Gasteiger partial charge in [0.2, 0.25) is 0 Å². The molecular weight excluding hydrogens is 520 g/mol. The molecule has 0 amide bonds. The van der Waals surface area contributed by atoms with Crippen LogP contribution in [0.4, 0.5) is 0 Å². The summed E-state index contributed by atoms with van der Waals surface area (Å²) in [6.07, 6.45) is 0. The fourth-order valence-electron chi connectivity index (χ4n) is 6.01. The number of rotatable bonds is 3. The number of furan rings is 1. The lowest BCUT2D eigenvalue weighted by Gasteiger charge is -2.19. The van der Waals surface area contributed by atoms with Crippen molar-refractivity contribution in [3.8, 4) is 33.4 Å². The summed E-state index contributed by atoms with van der Waals surface area (Å²) in [7, 11) is 0. The predicted molar refractivity (Wildman–Crippen MR) is 183 cm³/mol. The van der Waals surface area contributed by atoms with Gasteiger partial charge in [-0.1, -0.05) is 133 Å². The molecule has 0 N–H and O–H groups in total. The van der Waals surface area contributed by atoms with Gasteiger partial charge in [-0.15, -0.1) is 0 Å². The summed E-state index contributed by atoms with van der Waals surface area (Å²) < 4.78 is 130. The van der Waals surface area contributed by atoms with Gasteiger partial charge in [0.05, 0.1) is 19.2 Å². The zero-order valence-electron chi connectivity index (χ0n) is 36.3. The molecule has 1 nitrogen and oxygen atoms in total. The van der Waals surface area contributed by atoms with E-state index in [9.17, 15) is 2.74 Å². The van der Waals surface area contributed by atoms with E-state index >= 15 is 0 Å². The molecule has 200 valence electrons. The van der Waals surface area contributed by atoms with Crippen molar-refractivity contribution in [3.63, 3.8) is 0 Å². The SMILES string of the molecule is [2H]c1c([2H])c([2H])c(-c2c3ccccc3c(-c3c([2H])c([2H])c([2H])c4oc5c([2H])c6c([2H])c([2H])c([2H])c([2H])c6c([2H])c5c34)c3cc(-c4ccccc4)ccc23)c([2H])c1[2H]. The topological polar surface area (TPSA) is 13.1 Å². The van der Waals surface area contributed by atoms with E-state index in [4.69, 9.17) is 20.9 Å². The fourth-order valence-corrected chi connectivity index (χ4v) is 6.01. The Balaban J connectivity index is 1.57. The Morgan fingerprint density at radius 1 is 0.442 bits per heavy atom. The maximum Gasteiger partial charge on any atom is 0.136 e. The Hall–Kier alpha value is -5.66. The number of fused-ring (bicyclic) bond motifs is 6. The molecule has 9 aromatic rings. The predicted octanol–water partition coefficient (Wildman–Crippen LogP) is 12.0. The van der Waals surface area contributed by atoms with E-state index in [0.717, 1.165) is 11.1 Å². The Labute approximate surface area is 268 Å². The van der Waals surface area contributed by atoms with Crippen LogP contribution in [0.15, 0.2) is 162 Å². The zero-order valence-corrected chi connectivity index (χ0v) is 22.3. The first-order valence-corrected chi connectivity index (χ1v) is 13.6. The van der Waals surface area contributed by atoms with E-state index in [1.165, 1.54) is 0 Å². The first-order valence-electron chi connectivity index (χ1n) is 20.6. The molecule has 0 unspecified atom stereocenters. The van der Waals surface area contributed by atoms with Crippen LogP contribution in [0.1, 0.15) is 19.2 Å². The van der Waals surface area contributed by atoms with Gasteiger partial charge in [-0.2, -0.15) is 0 Å². The lowest BCUT2D eigenvalue weighted by Crippen LogP contribution is -1.92. The molecule has 0 aliphatic rings. The second kappa shape index (κ2) is 9.44. The molecule has 43 heavy (non-hydrogen) atoms. The van der Waals surface area contributed by atoms with Gasteiger partial charge in [0, 0.05) is 10.8 Å². The van der Waals surface area contributed by atoms with Gasteiger partial charge in [0.15, 0.2) is 0 Å². The van der Waals surface area contributed by atoms with Crippen molar-refractivity contribution >= 4 is 54.3 Å². The van der Waals surface area contributed by atoms with Crippen molar-refractivity contribution in [2.75, 3.05) is 0 Å². The average Bonchev–Trinajstić information content (AvgIpc) is 3.63. The summed E-state index contributed by atoms with van der Waals surface area (Å²) in [6, 6.07) is 14.9. The monoisotopic (exact) mass is 560 g/mol. The van der Waals surface area contributed by atoms with E-state index in [1.54, 1.807) is 30.3 Å². The normalized spacial score (nSPS) is 16.3. The van der Waals surface area contributed by atoms with Crippen LogP contribution in [0.5, 0.6) is 0 Å². The molecular formula is C42H26O. The summed E-state index contributed by atoms with van der Waals surface area (Å²) in [5, 5.41) is 1.24. The van der Waals surface area contributed by atoms with Crippen molar-refractivity contribution in [1.82, 2.24) is 0 Å². The van der Waals surface area contributed by atoms with Gasteiger partial charge in [0.25, 0.3) is 0 Å². The third-order valence-corrected chi connectivity index (χ3v) is 7.83. The van der Waals surface area contributed by atoms with E-state index in [2.05, 4.69) is 0 Å². The van der Waals surface area contributed by atoms with Gasteiger partial charge in [-0.25, -0.2) is 0 Å². The molecule has 1 heterocycles. The Bertz CT molecular complexity index is 3250. The van der Waals surface area contributed by atoms with Crippen LogP contribution < -0.4 is 0 Å². The van der Waals surface area contributed by atoms with Gasteiger partial charge in [-0.3, -0.25) is 0 Å². The van der Waals surface area contributed by atoms with Crippen molar-refractivity contribution < 1.29 is 23.6 Å². The first kappa shape index (κ1) is 14.0. The molecule has 0 spiro atoms. The standard InChI is InChI=1S/C42H26O/c1-3-12-27(13-4-1)31-22-23-34-36(24-31)41(33-19-10-9-18-32(33)40(34)28-14-5-2-6-15-28)35-20-11-21-38-42(35)37-25-29-16-7-8-17-30(29)26-39(37)43-38/h1-26H/i2D,5D,6D,7D,8D,11D,14D,15D,16D,17D,20D,21D,25D,26D. The van der Waals surface area contributed by atoms with Crippen molar-refractivity contribution in [2.45, 2.75) is 0 Å². The molecule has 0 radical (unpaired) electrons. The van der Waals surface area contributed by atoms with Crippen LogP contribution in [0.25, 0.3) is 87.6 Å². The molecule has 8 aromatic carbocycles. The van der Waals surface area contributed by atoms with Crippen molar-refractivity contribution in [3.05, 3.63) is 157 Å². The van der Waals surface area contributed by atoms with Gasteiger partial charge >= 0.3 is 0 Å². The fraction of sp³-hybridized carbons (Fsp3) is 0. The maximum atomic E-state index is 9.52. The first-order chi connectivity index (χ1) is 27.2. The van der Waals surface area contributed by atoms with Gasteiger partial charge in [0.1, 0.15) is 11.2 Å². The largest absolute Gasteiger partial charge is 0.456 e. The van der Waals surface area contributed by atoms with Gasteiger partial charge in [-0.05, 0) is 89.9 Å². The van der Waals surface area contributed by atoms with Gasteiger partial charge < -0.3 is 4.42 Å². The Morgan fingerprint density at radius 2 is 1.14 bits per heavy atom. The summed E-state index contributed by atoms with van der Waals surface area (Å²) in [6.45, 7) is 0. The van der Waals surface area contributed by atoms with Crippen LogP contribution >= 0.6 is 0 Å². The highest BCUT2D eigenvalue weighted by molar-refractivity contribution is 6.26. The zero-order chi connectivity index (χ0) is 40.5. The quantitative estimate of drug-likeness (QED) is 0.196. The average molecular weight is 561 g/mol. The molecule has 0 fully saturated rings. The second-order valence-corrected chi connectivity index (χ2v) is 10.2. The number of hydrogen-bond donors (Lipinski definition) is 0. The van der Waals surface area contributed by atoms with E-state index in [0.29, 0.717) is 32.7 Å². The van der Waals surface area contributed by atoms with E-state index in [-0.39, 0.29) is 43.8 Å². The van der Waals surface area contributed by atoms with Crippen molar-refractivity contribution in [1.29, 1.82) is 0 Å². The number of hydrogen-bond acceptors (Lipinski definition) is 1. The molecule has 0 saturated carbocycles. The highest BCUT2D eigenvalue weighted by atomic mass is 16.3. The third-order valence-electron chi connectivity index (χ3n) is 7.83. The summed E-state index contributed by atoms with van der Waals surface area (Å²) in [4.78, 5) is 0. The summed E-state index contributed by atoms with van der Waals surface area (Å²) in [5.41, 5.74) is 1.78. The van der Waals surface area contributed by atoms with Crippen LogP contribution in [0.3, 0.4) is 0 Å². The summed E-state index contributed by atoms with van der Waals surface area (Å²) in [5.74, 6) is 0. The molecule has 0 atom stereocenters. The van der Waals surface area contributed by atoms with Crippen LogP contribution in [0, 0.1) is 0 Å².